The van der Waals surface area contributed by atoms with Crippen molar-refractivity contribution >= 4 is 23.2 Å². The lowest BCUT2D eigenvalue weighted by atomic mass is 9.65. The number of hydrogen-bond donors (Lipinski definition) is 1. The van der Waals surface area contributed by atoms with Crippen LogP contribution in [0.25, 0.3) is 0 Å². The Morgan fingerprint density at radius 2 is 1.96 bits per heavy atom. The maximum atomic E-state index is 11.6. The third kappa shape index (κ3) is 2.89. The molecule has 1 N–H and O–H groups in total. The molecule has 2 aromatic rings. The van der Waals surface area contributed by atoms with Crippen LogP contribution in [0, 0.1) is 11.8 Å². The highest BCUT2D eigenvalue weighted by Crippen LogP contribution is 2.48. The molecule has 1 aliphatic heterocycles. The molecule has 4 rings (SSSR count). The van der Waals surface area contributed by atoms with Gasteiger partial charge in [0.2, 0.25) is 0 Å². The Morgan fingerprint density at radius 1 is 1.24 bits per heavy atom. The number of aliphatic hydroxyl groups is 1. The molecule has 2 fully saturated rings. The van der Waals surface area contributed by atoms with Gasteiger partial charge in [-0.3, -0.25) is 4.90 Å². The van der Waals surface area contributed by atoms with Gasteiger partial charge in [0.25, 0.3) is 0 Å². The van der Waals surface area contributed by atoms with Crippen LogP contribution < -0.4 is 0 Å². The molecule has 1 unspecified atom stereocenters. The molecule has 1 aliphatic carbocycles. The van der Waals surface area contributed by atoms with Crippen LogP contribution in [0.2, 0.25) is 10.0 Å². The number of nitrogens with zero attached hydrogens (tertiary/aromatic N) is 3. The maximum absolute atomic E-state index is 11.6. The number of imidazole rings is 1. The van der Waals surface area contributed by atoms with E-state index in [0.29, 0.717) is 10.0 Å². The lowest BCUT2D eigenvalue weighted by Gasteiger charge is -2.52. The lowest BCUT2D eigenvalue weighted by molar-refractivity contribution is -0.155. The van der Waals surface area contributed by atoms with E-state index in [1.54, 1.807) is 6.20 Å². The Hall–Kier alpha value is -1.07. The fraction of sp³-hybridized carbons (Fsp3) is 0.526. The number of aromatic nitrogens is 2. The van der Waals surface area contributed by atoms with Crippen molar-refractivity contribution in [1.82, 2.24) is 14.5 Å². The van der Waals surface area contributed by atoms with Gasteiger partial charge in [-0.05, 0) is 24.5 Å². The lowest BCUT2D eigenvalue weighted by Crippen LogP contribution is -2.58. The van der Waals surface area contributed by atoms with Gasteiger partial charge >= 0.3 is 0 Å². The summed E-state index contributed by atoms with van der Waals surface area (Å²) in [6.45, 7) is 2.47. The van der Waals surface area contributed by atoms with Crippen LogP contribution >= 0.6 is 23.2 Å². The molecule has 134 valence electrons. The second-order valence-corrected chi connectivity index (χ2v) is 8.20. The summed E-state index contributed by atoms with van der Waals surface area (Å²) in [6, 6.07) is 5.79. The van der Waals surface area contributed by atoms with Crippen LogP contribution in [0.1, 0.15) is 30.7 Å². The van der Waals surface area contributed by atoms with Crippen molar-refractivity contribution in [2.75, 3.05) is 13.1 Å². The summed E-state index contributed by atoms with van der Waals surface area (Å²) in [7, 11) is 1.97. The number of likely N-dealkylation sites (tertiary alicyclic amines) is 1. The van der Waals surface area contributed by atoms with Gasteiger partial charge in [0.1, 0.15) is 11.4 Å². The third-order valence-electron chi connectivity index (χ3n) is 5.91. The van der Waals surface area contributed by atoms with E-state index in [1.807, 2.05) is 36.0 Å². The second-order valence-electron chi connectivity index (χ2n) is 7.42. The quantitative estimate of drug-likeness (QED) is 0.880. The standard InChI is InChI=1S/C19H23Cl2N3O/c1-23-9-8-22-18(23)19(25)14-5-3-6-15(19)12-24(11-14)10-13-4-2-7-16(20)17(13)21/h2,4,7-9,14-15,25H,3,5-6,10-12H2,1H3/t14-,15+,19?. The van der Waals surface area contributed by atoms with Gasteiger partial charge in [0, 0.05) is 50.9 Å². The van der Waals surface area contributed by atoms with E-state index in [0.717, 1.165) is 43.9 Å². The Labute approximate surface area is 158 Å². The van der Waals surface area contributed by atoms with E-state index < -0.39 is 5.60 Å². The molecule has 0 amide bonds. The molecular weight excluding hydrogens is 357 g/mol. The fourth-order valence-corrected chi connectivity index (χ4v) is 5.08. The van der Waals surface area contributed by atoms with Crippen molar-refractivity contribution in [3.63, 3.8) is 0 Å². The number of halogens is 2. The minimum Gasteiger partial charge on any atom is -0.381 e. The van der Waals surface area contributed by atoms with Crippen molar-refractivity contribution in [2.24, 2.45) is 18.9 Å². The minimum absolute atomic E-state index is 0.194. The Morgan fingerprint density at radius 3 is 2.60 bits per heavy atom. The molecule has 4 nitrogen and oxygen atoms in total. The van der Waals surface area contributed by atoms with Crippen LogP contribution in [0.15, 0.2) is 30.6 Å². The summed E-state index contributed by atoms with van der Waals surface area (Å²) in [5.74, 6) is 1.20. The highest BCUT2D eigenvalue weighted by atomic mass is 35.5. The summed E-state index contributed by atoms with van der Waals surface area (Å²) in [5, 5.41) is 12.9. The smallest absolute Gasteiger partial charge is 0.141 e. The van der Waals surface area contributed by atoms with Crippen LogP contribution in [-0.4, -0.2) is 32.6 Å². The van der Waals surface area contributed by atoms with Crippen molar-refractivity contribution in [2.45, 2.75) is 31.4 Å². The van der Waals surface area contributed by atoms with Gasteiger partial charge in [0.05, 0.1) is 10.0 Å². The first-order valence-corrected chi connectivity index (χ1v) is 9.61. The maximum Gasteiger partial charge on any atom is 0.141 e. The van der Waals surface area contributed by atoms with Crippen LogP contribution in [0.5, 0.6) is 0 Å². The van der Waals surface area contributed by atoms with Gasteiger partial charge in [-0.2, -0.15) is 0 Å². The van der Waals surface area contributed by atoms with Gasteiger partial charge in [-0.1, -0.05) is 41.8 Å². The van der Waals surface area contributed by atoms with Crippen LogP contribution in [-0.2, 0) is 19.2 Å². The van der Waals surface area contributed by atoms with Crippen molar-refractivity contribution < 1.29 is 5.11 Å². The zero-order valence-electron chi connectivity index (χ0n) is 14.3. The normalized spacial score (nSPS) is 29.8. The Bertz CT molecular complexity index is 762. The number of benzene rings is 1. The topological polar surface area (TPSA) is 41.3 Å². The van der Waals surface area contributed by atoms with Crippen molar-refractivity contribution in [3.8, 4) is 0 Å². The van der Waals surface area contributed by atoms with E-state index in [-0.39, 0.29) is 11.8 Å². The van der Waals surface area contributed by atoms with E-state index in [2.05, 4.69) is 9.88 Å². The number of piperidine rings is 1. The molecule has 1 aromatic carbocycles. The SMILES string of the molecule is Cn1ccnc1C1(O)[C@@H]2CCC[C@H]1CN(Cc1cccc(Cl)c1Cl)C2. The van der Waals surface area contributed by atoms with E-state index in [4.69, 9.17) is 23.2 Å². The average molecular weight is 380 g/mol. The number of fused-ring (bicyclic) bond motifs is 2. The molecular formula is C19H23Cl2N3O. The van der Waals surface area contributed by atoms with E-state index in [1.165, 1.54) is 6.42 Å². The molecule has 0 radical (unpaired) electrons. The van der Waals surface area contributed by atoms with Gasteiger partial charge < -0.3 is 9.67 Å². The number of hydrogen-bond acceptors (Lipinski definition) is 3. The summed E-state index contributed by atoms with van der Waals surface area (Å²) in [6.07, 6.45) is 6.93. The molecule has 25 heavy (non-hydrogen) atoms. The van der Waals surface area contributed by atoms with Gasteiger partial charge in [-0.15, -0.1) is 0 Å². The first kappa shape index (κ1) is 17.3. The average Bonchev–Trinajstić information content (AvgIpc) is 2.99. The molecule has 2 aliphatic rings. The molecule has 1 saturated carbocycles. The molecule has 2 bridgehead atoms. The Balaban J connectivity index is 1.59. The zero-order valence-corrected chi connectivity index (χ0v) is 15.8. The van der Waals surface area contributed by atoms with Gasteiger partial charge in [0.15, 0.2) is 0 Å². The predicted octanol–water partition coefficient (Wildman–Crippen LogP) is 3.85. The molecule has 2 heterocycles. The summed E-state index contributed by atoms with van der Waals surface area (Å²) < 4.78 is 1.97. The Kier molecular flexibility index (Phi) is 4.57. The highest BCUT2D eigenvalue weighted by molar-refractivity contribution is 6.42. The molecule has 6 heteroatoms. The molecule has 0 spiro atoms. The molecule has 1 saturated heterocycles. The highest BCUT2D eigenvalue weighted by Gasteiger charge is 2.53. The summed E-state index contributed by atoms with van der Waals surface area (Å²) in [5.41, 5.74) is 0.222. The van der Waals surface area contributed by atoms with E-state index >= 15 is 0 Å². The van der Waals surface area contributed by atoms with Crippen molar-refractivity contribution in [3.05, 3.63) is 52.0 Å². The van der Waals surface area contributed by atoms with Crippen LogP contribution in [0.4, 0.5) is 0 Å². The predicted molar refractivity (Wildman–Crippen MR) is 99.7 cm³/mol. The first-order chi connectivity index (χ1) is 12.0. The monoisotopic (exact) mass is 379 g/mol. The summed E-state index contributed by atoms with van der Waals surface area (Å²) >= 11 is 12.5. The first-order valence-electron chi connectivity index (χ1n) is 8.85. The summed E-state index contributed by atoms with van der Waals surface area (Å²) in [4.78, 5) is 6.89. The fourth-order valence-electron chi connectivity index (χ4n) is 4.70. The van der Waals surface area contributed by atoms with E-state index in [9.17, 15) is 5.11 Å². The zero-order chi connectivity index (χ0) is 17.6. The van der Waals surface area contributed by atoms with Gasteiger partial charge in [-0.25, -0.2) is 4.98 Å². The molecule has 3 atom stereocenters. The second kappa shape index (κ2) is 6.58. The van der Waals surface area contributed by atoms with Crippen molar-refractivity contribution in [1.29, 1.82) is 0 Å². The largest absolute Gasteiger partial charge is 0.381 e. The third-order valence-corrected chi connectivity index (χ3v) is 6.77. The number of aryl methyl sites for hydroxylation is 1. The number of rotatable bonds is 3. The molecule has 1 aromatic heterocycles. The van der Waals surface area contributed by atoms with Crippen LogP contribution in [0.3, 0.4) is 0 Å². The minimum atomic E-state index is -0.828.